The fourth-order valence-corrected chi connectivity index (χ4v) is 3.11. The van der Waals surface area contributed by atoms with Gasteiger partial charge in [-0.3, -0.25) is 0 Å². The van der Waals surface area contributed by atoms with Gasteiger partial charge in [0.1, 0.15) is 17.1 Å². The third-order valence-electron chi connectivity index (χ3n) is 4.00. The molecule has 0 saturated carbocycles. The average molecular weight is 320 g/mol. The van der Waals surface area contributed by atoms with Crippen molar-refractivity contribution < 1.29 is 0 Å². The van der Waals surface area contributed by atoms with Crippen molar-refractivity contribution in [3.8, 4) is 16.8 Å². The topological polar surface area (TPSA) is 30.7 Å². The van der Waals surface area contributed by atoms with E-state index in [2.05, 4.69) is 51.9 Å². The SMILES string of the molecule is Cc1ccccc1-n1cc(-c2ccccc2)c2c(Cl)ncnc21. The predicted octanol–water partition coefficient (Wildman–Crippen LogP) is 5.05. The van der Waals surface area contributed by atoms with Crippen LogP contribution in [0.25, 0.3) is 27.8 Å². The molecule has 4 aromatic rings. The molecule has 0 unspecified atom stereocenters. The molecule has 0 saturated heterocycles. The summed E-state index contributed by atoms with van der Waals surface area (Å²) in [5.74, 6) is 0. The number of rotatable bonds is 2. The smallest absolute Gasteiger partial charge is 0.150 e. The van der Waals surface area contributed by atoms with Crippen LogP contribution in [0.2, 0.25) is 5.15 Å². The van der Waals surface area contributed by atoms with Crippen LogP contribution in [0.5, 0.6) is 0 Å². The molecule has 0 fully saturated rings. The number of nitrogens with zero attached hydrogens (tertiary/aromatic N) is 3. The Morgan fingerprint density at radius 3 is 2.43 bits per heavy atom. The summed E-state index contributed by atoms with van der Waals surface area (Å²) in [7, 11) is 0. The molecule has 23 heavy (non-hydrogen) atoms. The fourth-order valence-electron chi connectivity index (χ4n) is 2.88. The van der Waals surface area contributed by atoms with E-state index in [0.717, 1.165) is 27.8 Å². The zero-order valence-electron chi connectivity index (χ0n) is 12.6. The van der Waals surface area contributed by atoms with Gasteiger partial charge in [0, 0.05) is 17.4 Å². The maximum atomic E-state index is 6.39. The van der Waals surface area contributed by atoms with Crippen LogP contribution in [-0.4, -0.2) is 14.5 Å². The Morgan fingerprint density at radius 1 is 0.913 bits per heavy atom. The quantitative estimate of drug-likeness (QED) is 0.484. The number of benzene rings is 2. The van der Waals surface area contributed by atoms with Crippen molar-refractivity contribution in [2.45, 2.75) is 6.92 Å². The molecular formula is C19H14ClN3. The number of para-hydroxylation sites is 1. The van der Waals surface area contributed by atoms with E-state index in [4.69, 9.17) is 11.6 Å². The molecule has 2 aromatic heterocycles. The lowest BCUT2D eigenvalue weighted by Crippen LogP contribution is -1.96. The molecule has 2 heterocycles. The molecule has 0 atom stereocenters. The molecule has 0 bridgehead atoms. The molecule has 3 nitrogen and oxygen atoms in total. The Balaban J connectivity index is 2.08. The summed E-state index contributed by atoms with van der Waals surface area (Å²) in [6.45, 7) is 2.09. The minimum Gasteiger partial charge on any atom is -0.300 e. The predicted molar refractivity (Wildman–Crippen MR) is 94.0 cm³/mol. The number of fused-ring (bicyclic) bond motifs is 1. The molecule has 4 heteroatoms. The van der Waals surface area contributed by atoms with Crippen LogP contribution in [0.4, 0.5) is 0 Å². The molecule has 0 radical (unpaired) electrons. The van der Waals surface area contributed by atoms with Crippen molar-refractivity contribution in [3.63, 3.8) is 0 Å². The molecule has 0 aliphatic carbocycles. The van der Waals surface area contributed by atoms with Gasteiger partial charge in [-0.2, -0.15) is 0 Å². The molecule has 0 spiro atoms. The second kappa shape index (κ2) is 5.52. The van der Waals surface area contributed by atoms with Gasteiger partial charge in [-0.15, -0.1) is 0 Å². The van der Waals surface area contributed by atoms with E-state index >= 15 is 0 Å². The van der Waals surface area contributed by atoms with E-state index in [1.54, 1.807) is 0 Å². The van der Waals surface area contributed by atoms with Gasteiger partial charge in [-0.05, 0) is 24.1 Å². The number of halogens is 1. The van der Waals surface area contributed by atoms with Gasteiger partial charge in [0.2, 0.25) is 0 Å². The number of hydrogen-bond donors (Lipinski definition) is 0. The molecule has 0 aliphatic rings. The van der Waals surface area contributed by atoms with Crippen molar-refractivity contribution in [1.29, 1.82) is 0 Å². The van der Waals surface area contributed by atoms with E-state index in [1.165, 1.54) is 11.9 Å². The lowest BCUT2D eigenvalue weighted by molar-refractivity contribution is 1.06. The van der Waals surface area contributed by atoms with E-state index in [1.807, 2.05) is 30.3 Å². The van der Waals surface area contributed by atoms with Crippen molar-refractivity contribution in [2.75, 3.05) is 0 Å². The summed E-state index contributed by atoms with van der Waals surface area (Å²) in [6, 6.07) is 18.4. The monoisotopic (exact) mass is 319 g/mol. The molecular weight excluding hydrogens is 306 g/mol. The highest BCUT2D eigenvalue weighted by atomic mass is 35.5. The highest BCUT2D eigenvalue weighted by Gasteiger charge is 2.16. The Morgan fingerprint density at radius 2 is 1.65 bits per heavy atom. The first-order chi connectivity index (χ1) is 11.3. The Kier molecular flexibility index (Phi) is 3.36. The Bertz CT molecular complexity index is 990. The highest BCUT2D eigenvalue weighted by molar-refractivity contribution is 6.35. The second-order valence-corrected chi connectivity index (χ2v) is 5.79. The van der Waals surface area contributed by atoms with Crippen LogP contribution in [0.15, 0.2) is 67.1 Å². The van der Waals surface area contributed by atoms with Gasteiger partial charge < -0.3 is 4.57 Å². The first-order valence-corrected chi connectivity index (χ1v) is 7.76. The van der Waals surface area contributed by atoms with Gasteiger partial charge in [-0.1, -0.05) is 60.1 Å². The lowest BCUT2D eigenvalue weighted by atomic mass is 10.1. The number of hydrogen-bond acceptors (Lipinski definition) is 2. The molecule has 0 amide bonds. The van der Waals surface area contributed by atoms with Crippen molar-refractivity contribution in [2.24, 2.45) is 0 Å². The lowest BCUT2D eigenvalue weighted by Gasteiger charge is -2.07. The standard InChI is InChI=1S/C19H14ClN3/c1-13-7-5-6-10-16(13)23-11-15(14-8-3-2-4-9-14)17-18(20)21-12-22-19(17)23/h2-12H,1H3. The van der Waals surface area contributed by atoms with Gasteiger partial charge in [-0.25, -0.2) is 9.97 Å². The van der Waals surface area contributed by atoms with E-state index < -0.39 is 0 Å². The zero-order valence-corrected chi connectivity index (χ0v) is 13.3. The summed E-state index contributed by atoms with van der Waals surface area (Å²) in [5, 5.41) is 1.35. The Hall–Kier alpha value is -2.65. The van der Waals surface area contributed by atoms with Gasteiger partial charge in [0.05, 0.1) is 5.39 Å². The minimum absolute atomic E-state index is 0.473. The maximum Gasteiger partial charge on any atom is 0.150 e. The van der Waals surface area contributed by atoms with Crippen molar-refractivity contribution in [1.82, 2.24) is 14.5 Å². The summed E-state index contributed by atoms with van der Waals surface area (Å²) in [6.07, 6.45) is 3.59. The van der Waals surface area contributed by atoms with Crippen molar-refractivity contribution in [3.05, 3.63) is 77.8 Å². The summed E-state index contributed by atoms with van der Waals surface area (Å²) < 4.78 is 2.08. The first-order valence-electron chi connectivity index (χ1n) is 7.38. The molecule has 4 rings (SSSR count). The van der Waals surface area contributed by atoms with E-state index in [9.17, 15) is 0 Å². The van der Waals surface area contributed by atoms with Gasteiger partial charge >= 0.3 is 0 Å². The molecule has 2 aromatic carbocycles. The largest absolute Gasteiger partial charge is 0.300 e. The van der Waals surface area contributed by atoms with Crippen LogP contribution in [-0.2, 0) is 0 Å². The van der Waals surface area contributed by atoms with Crippen LogP contribution in [0.1, 0.15) is 5.56 Å². The van der Waals surface area contributed by atoms with Gasteiger partial charge in [0.15, 0.2) is 0 Å². The van der Waals surface area contributed by atoms with E-state index in [0.29, 0.717) is 5.15 Å². The van der Waals surface area contributed by atoms with Crippen LogP contribution in [0, 0.1) is 6.92 Å². The maximum absolute atomic E-state index is 6.39. The molecule has 0 N–H and O–H groups in total. The minimum atomic E-state index is 0.473. The molecule has 0 aliphatic heterocycles. The van der Waals surface area contributed by atoms with Crippen LogP contribution < -0.4 is 0 Å². The third-order valence-corrected chi connectivity index (χ3v) is 4.28. The second-order valence-electron chi connectivity index (χ2n) is 5.43. The third kappa shape index (κ3) is 2.30. The zero-order chi connectivity index (χ0) is 15.8. The van der Waals surface area contributed by atoms with E-state index in [-0.39, 0.29) is 0 Å². The average Bonchev–Trinajstić information content (AvgIpc) is 2.97. The summed E-state index contributed by atoms with van der Waals surface area (Å²) in [4.78, 5) is 8.64. The normalized spacial score (nSPS) is 11.0. The molecule has 112 valence electrons. The number of aromatic nitrogens is 3. The fraction of sp³-hybridized carbons (Fsp3) is 0.0526. The Labute approximate surface area is 139 Å². The highest BCUT2D eigenvalue weighted by Crippen LogP contribution is 2.35. The van der Waals surface area contributed by atoms with Crippen LogP contribution in [0.3, 0.4) is 0 Å². The van der Waals surface area contributed by atoms with Gasteiger partial charge in [0.25, 0.3) is 0 Å². The first kappa shape index (κ1) is 14.0. The summed E-state index contributed by atoms with van der Waals surface area (Å²) in [5.41, 5.74) is 5.22. The van der Waals surface area contributed by atoms with Crippen molar-refractivity contribution >= 4 is 22.6 Å². The van der Waals surface area contributed by atoms with Crippen LogP contribution >= 0.6 is 11.6 Å². The number of aryl methyl sites for hydroxylation is 1. The summed E-state index contributed by atoms with van der Waals surface area (Å²) >= 11 is 6.39.